The van der Waals surface area contributed by atoms with Gasteiger partial charge < -0.3 is 9.80 Å². The standard InChI is InChI=1S/C15H21FN6O.CH4O3S/c16-11-4-13-15(17)21(7-14(23)22(13)6-11)12-2-1-10(3-12)5-20-9-18-8-19-20;1-5(2,3)4/h8-13,17H,1-7H2;1H3,(H,2,3,4)/t10-,11-,12+,13-;/m0./s1. The Morgan fingerprint density at radius 1 is 1.32 bits per heavy atom. The van der Waals surface area contributed by atoms with Gasteiger partial charge >= 0.3 is 0 Å². The molecule has 156 valence electrons. The maximum Gasteiger partial charge on any atom is 0.261 e. The van der Waals surface area contributed by atoms with Gasteiger partial charge in [-0.15, -0.1) is 0 Å². The summed E-state index contributed by atoms with van der Waals surface area (Å²) in [7, 11) is -3.67. The van der Waals surface area contributed by atoms with E-state index < -0.39 is 16.3 Å². The summed E-state index contributed by atoms with van der Waals surface area (Å²) in [4.78, 5) is 19.7. The minimum Gasteiger partial charge on any atom is -0.346 e. The minimum atomic E-state index is -3.67. The first-order valence-electron chi connectivity index (χ1n) is 9.15. The second-order valence-electron chi connectivity index (χ2n) is 7.59. The van der Waals surface area contributed by atoms with Crippen LogP contribution in [0.3, 0.4) is 0 Å². The highest BCUT2D eigenvalue weighted by Gasteiger charge is 2.46. The number of hydrogen-bond acceptors (Lipinski definition) is 6. The lowest BCUT2D eigenvalue weighted by molar-refractivity contribution is -0.134. The number of amides is 1. The monoisotopic (exact) mass is 416 g/mol. The molecule has 28 heavy (non-hydrogen) atoms. The number of piperazine rings is 1. The SMILES string of the molecule is CS(=O)(=O)O.N=C1[C@@H]2C[C@H](F)CN2C(=O)CN1[C@@H]1CC[C@H](Cn2cncn2)C1. The maximum absolute atomic E-state index is 13.6. The predicted molar refractivity (Wildman–Crippen MR) is 98.1 cm³/mol. The van der Waals surface area contributed by atoms with E-state index in [1.165, 1.54) is 6.33 Å². The number of alkyl halides is 1. The first kappa shape index (κ1) is 20.6. The van der Waals surface area contributed by atoms with Gasteiger partial charge in [0.25, 0.3) is 10.1 Å². The number of hydrogen-bond donors (Lipinski definition) is 2. The summed E-state index contributed by atoms with van der Waals surface area (Å²) in [5.74, 6) is 0.877. The zero-order valence-corrected chi connectivity index (χ0v) is 16.4. The number of amidine groups is 1. The van der Waals surface area contributed by atoms with Gasteiger partial charge in [-0.25, -0.2) is 9.37 Å². The highest BCUT2D eigenvalue weighted by Crippen LogP contribution is 2.34. The first-order valence-corrected chi connectivity index (χ1v) is 11.0. The number of carbonyl (C=O) groups is 1. The molecule has 0 spiro atoms. The van der Waals surface area contributed by atoms with Crippen molar-refractivity contribution in [3.8, 4) is 0 Å². The molecule has 1 amide bonds. The number of rotatable bonds is 3. The van der Waals surface area contributed by atoms with Crippen molar-refractivity contribution in [1.29, 1.82) is 5.41 Å². The fourth-order valence-electron chi connectivity index (χ4n) is 4.25. The van der Waals surface area contributed by atoms with Gasteiger partial charge in [0.1, 0.15) is 24.7 Å². The number of halogens is 1. The Morgan fingerprint density at radius 2 is 2.04 bits per heavy atom. The molecule has 0 aromatic carbocycles. The zero-order chi connectivity index (χ0) is 20.5. The third kappa shape index (κ3) is 5.04. The molecule has 10 nitrogen and oxygen atoms in total. The van der Waals surface area contributed by atoms with E-state index in [-0.39, 0.29) is 37.5 Å². The molecule has 0 bridgehead atoms. The maximum atomic E-state index is 13.6. The summed E-state index contributed by atoms with van der Waals surface area (Å²) < 4.78 is 41.3. The summed E-state index contributed by atoms with van der Waals surface area (Å²) in [6.07, 6.45) is 6.23. The Morgan fingerprint density at radius 3 is 2.68 bits per heavy atom. The van der Waals surface area contributed by atoms with Gasteiger partial charge in [0.15, 0.2) is 0 Å². The lowest BCUT2D eigenvalue weighted by Crippen LogP contribution is -2.59. The van der Waals surface area contributed by atoms with Crippen LogP contribution in [0.2, 0.25) is 0 Å². The molecule has 1 aromatic heterocycles. The van der Waals surface area contributed by atoms with Gasteiger partial charge in [0.05, 0.1) is 25.4 Å². The van der Waals surface area contributed by atoms with Crippen molar-refractivity contribution in [1.82, 2.24) is 24.6 Å². The predicted octanol–water partition coefficient (Wildman–Crippen LogP) is 0.183. The van der Waals surface area contributed by atoms with Crippen LogP contribution in [0.4, 0.5) is 4.39 Å². The number of nitrogens with zero attached hydrogens (tertiary/aromatic N) is 5. The smallest absolute Gasteiger partial charge is 0.261 e. The molecule has 4 atom stereocenters. The van der Waals surface area contributed by atoms with E-state index >= 15 is 0 Å². The van der Waals surface area contributed by atoms with Gasteiger partial charge in [0, 0.05) is 19.0 Å². The summed E-state index contributed by atoms with van der Waals surface area (Å²) in [6.45, 7) is 1.20. The van der Waals surface area contributed by atoms with Crippen LogP contribution in [0.15, 0.2) is 12.7 Å². The van der Waals surface area contributed by atoms with Crippen molar-refractivity contribution in [3.05, 3.63) is 12.7 Å². The molecule has 3 fully saturated rings. The average Bonchev–Trinajstić information content (AvgIpc) is 3.30. The van der Waals surface area contributed by atoms with E-state index in [4.69, 9.17) is 9.96 Å². The first-order chi connectivity index (χ1) is 13.1. The average molecular weight is 416 g/mol. The van der Waals surface area contributed by atoms with Gasteiger partial charge in [-0.05, 0) is 25.2 Å². The van der Waals surface area contributed by atoms with Crippen molar-refractivity contribution in [2.24, 2.45) is 5.92 Å². The summed E-state index contributed by atoms with van der Waals surface area (Å²) in [6, 6.07) is -0.151. The quantitative estimate of drug-likeness (QED) is 0.672. The van der Waals surface area contributed by atoms with Crippen LogP contribution in [0, 0.1) is 11.3 Å². The molecule has 3 heterocycles. The largest absolute Gasteiger partial charge is 0.346 e. The molecule has 0 radical (unpaired) electrons. The van der Waals surface area contributed by atoms with Crippen LogP contribution in [0.1, 0.15) is 25.7 Å². The third-order valence-electron chi connectivity index (χ3n) is 5.37. The number of aromatic nitrogens is 3. The zero-order valence-electron chi connectivity index (χ0n) is 15.6. The summed E-state index contributed by atoms with van der Waals surface area (Å²) in [5.41, 5.74) is 0. The molecule has 4 rings (SSSR count). The fourth-order valence-corrected chi connectivity index (χ4v) is 4.25. The molecule has 2 N–H and O–H groups in total. The Kier molecular flexibility index (Phi) is 5.98. The molecule has 0 unspecified atom stereocenters. The van der Waals surface area contributed by atoms with Crippen molar-refractivity contribution < 1.29 is 22.2 Å². The van der Waals surface area contributed by atoms with E-state index in [9.17, 15) is 17.6 Å². The van der Waals surface area contributed by atoms with Gasteiger partial charge in [-0.1, -0.05) is 0 Å². The Bertz CT molecular complexity index is 809. The Labute approximate surface area is 163 Å². The van der Waals surface area contributed by atoms with E-state index in [1.54, 1.807) is 11.2 Å². The molecule has 1 aliphatic carbocycles. The topological polar surface area (TPSA) is 132 Å². The van der Waals surface area contributed by atoms with Crippen LogP contribution < -0.4 is 0 Å². The van der Waals surface area contributed by atoms with Gasteiger partial charge in [-0.3, -0.25) is 19.4 Å². The lowest BCUT2D eigenvalue weighted by atomic mass is 10.0. The van der Waals surface area contributed by atoms with Gasteiger partial charge in [-0.2, -0.15) is 13.5 Å². The normalized spacial score (nSPS) is 30.2. The van der Waals surface area contributed by atoms with E-state index in [0.29, 0.717) is 18.0 Å². The summed E-state index contributed by atoms with van der Waals surface area (Å²) in [5, 5.41) is 12.6. The number of carbonyl (C=O) groups excluding carboxylic acids is 1. The van der Waals surface area contributed by atoms with Crippen LogP contribution in [-0.2, 0) is 21.5 Å². The van der Waals surface area contributed by atoms with Crippen molar-refractivity contribution in [2.45, 2.75) is 50.5 Å². The minimum absolute atomic E-state index is 0.0362. The number of fused-ring (bicyclic) bond motifs is 1. The Balaban J connectivity index is 0.000000403. The lowest BCUT2D eigenvalue weighted by Gasteiger charge is -2.41. The molecule has 1 aromatic rings. The van der Waals surface area contributed by atoms with Crippen molar-refractivity contribution in [2.75, 3.05) is 19.3 Å². The van der Waals surface area contributed by atoms with Crippen LogP contribution in [-0.4, -0.2) is 86.9 Å². The fraction of sp³-hybridized carbons (Fsp3) is 0.750. The highest BCUT2D eigenvalue weighted by atomic mass is 32.2. The molecule has 2 aliphatic heterocycles. The molecular formula is C16H25FN6O4S. The van der Waals surface area contributed by atoms with E-state index in [1.807, 2.05) is 9.58 Å². The van der Waals surface area contributed by atoms with E-state index in [0.717, 1.165) is 25.8 Å². The molecular weight excluding hydrogens is 391 g/mol. The van der Waals surface area contributed by atoms with Crippen LogP contribution >= 0.6 is 0 Å². The molecule has 2 saturated heterocycles. The molecule has 12 heteroatoms. The Hall–Kier alpha value is -2.08. The second kappa shape index (κ2) is 8.11. The van der Waals surface area contributed by atoms with Gasteiger partial charge in [0.2, 0.25) is 5.91 Å². The molecule has 3 aliphatic rings. The second-order valence-corrected chi connectivity index (χ2v) is 9.06. The highest BCUT2D eigenvalue weighted by molar-refractivity contribution is 7.85. The number of nitrogens with one attached hydrogen (secondary N) is 1. The van der Waals surface area contributed by atoms with Crippen LogP contribution in [0.5, 0.6) is 0 Å². The van der Waals surface area contributed by atoms with Crippen molar-refractivity contribution in [3.63, 3.8) is 0 Å². The summed E-state index contributed by atoms with van der Waals surface area (Å²) >= 11 is 0. The van der Waals surface area contributed by atoms with Crippen molar-refractivity contribution >= 4 is 21.9 Å². The van der Waals surface area contributed by atoms with E-state index in [2.05, 4.69) is 10.1 Å². The van der Waals surface area contributed by atoms with Crippen LogP contribution in [0.25, 0.3) is 0 Å². The third-order valence-corrected chi connectivity index (χ3v) is 5.37. The molecule has 1 saturated carbocycles.